The highest BCUT2D eigenvalue weighted by Crippen LogP contribution is 2.63. The molecule has 0 unspecified atom stereocenters. The fraction of sp³-hybridized carbons (Fsp3) is 0.0222. The lowest BCUT2D eigenvalue weighted by Gasteiger charge is -2.40. The molecule has 3 nitrogen and oxygen atoms in total. The summed E-state index contributed by atoms with van der Waals surface area (Å²) in [7, 11) is 0. The van der Waals surface area contributed by atoms with E-state index in [1.54, 1.807) is 0 Å². The highest BCUT2D eigenvalue weighted by molar-refractivity contribution is 5.94. The molecular formula is C45H28N2O. The highest BCUT2D eigenvalue weighted by Gasteiger charge is 2.51. The summed E-state index contributed by atoms with van der Waals surface area (Å²) in [5, 5.41) is 1.03. The third kappa shape index (κ3) is 3.76. The quantitative estimate of drug-likeness (QED) is 0.199. The van der Waals surface area contributed by atoms with Gasteiger partial charge in [-0.05, 0) is 39.9 Å². The summed E-state index contributed by atoms with van der Waals surface area (Å²) in [6, 6.07) is 60.0. The molecule has 3 heteroatoms. The predicted molar refractivity (Wildman–Crippen MR) is 193 cm³/mol. The van der Waals surface area contributed by atoms with Crippen molar-refractivity contribution >= 4 is 10.9 Å². The van der Waals surface area contributed by atoms with Crippen molar-refractivity contribution < 1.29 is 4.74 Å². The van der Waals surface area contributed by atoms with Crippen LogP contribution < -0.4 is 4.74 Å². The molecule has 0 saturated carbocycles. The third-order valence-electron chi connectivity index (χ3n) is 9.98. The van der Waals surface area contributed by atoms with Crippen molar-refractivity contribution in [1.29, 1.82) is 0 Å². The Morgan fingerprint density at radius 3 is 1.75 bits per heavy atom. The van der Waals surface area contributed by atoms with E-state index in [0.29, 0.717) is 0 Å². The van der Waals surface area contributed by atoms with E-state index in [-0.39, 0.29) is 0 Å². The molecule has 0 saturated heterocycles. The average Bonchev–Trinajstić information content (AvgIpc) is 3.45. The second kappa shape index (κ2) is 10.3. The summed E-state index contributed by atoms with van der Waals surface area (Å²) in [4.78, 5) is 10.00. The van der Waals surface area contributed by atoms with Gasteiger partial charge in [-0.1, -0.05) is 158 Å². The first-order valence-electron chi connectivity index (χ1n) is 16.3. The van der Waals surface area contributed by atoms with Crippen molar-refractivity contribution in [1.82, 2.24) is 9.97 Å². The second-order valence-corrected chi connectivity index (χ2v) is 12.5. The van der Waals surface area contributed by atoms with Gasteiger partial charge in [-0.3, -0.25) is 0 Å². The zero-order valence-electron chi connectivity index (χ0n) is 26.0. The maximum Gasteiger partial charge on any atom is 0.160 e. The SMILES string of the molecule is c1ccc(-c2nc(-c3ccc(-c4cccc5c4Oc4ccccc4C54c5ccccc5-c5ccccc54)cc3)c3ccccc3n2)cc1. The van der Waals surface area contributed by atoms with Gasteiger partial charge in [0.2, 0.25) is 0 Å². The fourth-order valence-corrected chi connectivity index (χ4v) is 7.93. The van der Waals surface area contributed by atoms with Crippen LogP contribution in [0.5, 0.6) is 11.5 Å². The smallest absolute Gasteiger partial charge is 0.160 e. The molecule has 0 radical (unpaired) electrons. The van der Waals surface area contributed by atoms with E-state index >= 15 is 0 Å². The normalized spacial score (nSPS) is 13.3. The van der Waals surface area contributed by atoms with Crippen molar-refractivity contribution in [2.24, 2.45) is 0 Å². The lowest BCUT2D eigenvalue weighted by atomic mass is 9.65. The molecule has 8 aromatic rings. The zero-order chi connectivity index (χ0) is 31.7. The number of fused-ring (bicyclic) bond motifs is 10. The summed E-state index contributed by atoms with van der Waals surface area (Å²) >= 11 is 0. The van der Waals surface area contributed by atoms with Gasteiger partial charge in [-0.2, -0.15) is 0 Å². The summed E-state index contributed by atoms with van der Waals surface area (Å²) in [5.41, 5.74) is 13.0. The molecule has 0 fully saturated rings. The number of aromatic nitrogens is 2. The number of benzene rings is 7. The molecule has 2 aliphatic rings. The molecular weight excluding hydrogens is 585 g/mol. The molecule has 1 aliphatic carbocycles. The summed E-state index contributed by atoms with van der Waals surface area (Å²) < 4.78 is 6.90. The Balaban J connectivity index is 1.15. The third-order valence-corrected chi connectivity index (χ3v) is 9.98. The first kappa shape index (κ1) is 26.9. The first-order valence-corrected chi connectivity index (χ1v) is 16.3. The molecule has 0 bridgehead atoms. The molecule has 10 rings (SSSR count). The van der Waals surface area contributed by atoms with Gasteiger partial charge in [-0.15, -0.1) is 0 Å². The average molecular weight is 613 g/mol. The molecule has 0 N–H and O–H groups in total. The Labute approximate surface area is 278 Å². The maximum absolute atomic E-state index is 6.90. The molecule has 1 aliphatic heterocycles. The molecule has 0 atom stereocenters. The van der Waals surface area contributed by atoms with Crippen LogP contribution in [0.2, 0.25) is 0 Å². The van der Waals surface area contributed by atoms with Crippen molar-refractivity contribution in [3.8, 4) is 56.4 Å². The van der Waals surface area contributed by atoms with Crippen molar-refractivity contribution in [3.05, 3.63) is 192 Å². The Morgan fingerprint density at radius 2 is 0.979 bits per heavy atom. The van der Waals surface area contributed by atoms with E-state index in [1.807, 2.05) is 30.3 Å². The van der Waals surface area contributed by atoms with E-state index in [4.69, 9.17) is 14.7 Å². The highest BCUT2D eigenvalue weighted by atomic mass is 16.5. The van der Waals surface area contributed by atoms with E-state index in [1.165, 1.54) is 27.8 Å². The monoisotopic (exact) mass is 612 g/mol. The van der Waals surface area contributed by atoms with Crippen LogP contribution in [0.4, 0.5) is 0 Å². The molecule has 48 heavy (non-hydrogen) atoms. The van der Waals surface area contributed by atoms with Crippen LogP contribution in [0.15, 0.2) is 170 Å². The predicted octanol–water partition coefficient (Wildman–Crippen LogP) is 11.1. The van der Waals surface area contributed by atoms with Crippen LogP contribution in [-0.2, 0) is 5.41 Å². The number of para-hydroxylation sites is 3. The number of nitrogens with zero attached hydrogens (tertiary/aromatic N) is 2. The largest absolute Gasteiger partial charge is 0.456 e. The van der Waals surface area contributed by atoms with E-state index in [0.717, 1.165) is 61.7 Å². The first-order chi connectivity index (χ1) is 23.8. The summed E-state index contributed by atoms with van der Waals surface area (Å²) in [6.45, 7) is 0. The van der Waals surface area contributed by atoms with Gasteiger partial charge in [0.25, 0.3) is 0 Å². The van der Waals surface area contributed by atoms with Gasteiger partial charge < -0.3 is 4.74 Å². The molecule has 1 spiro atoms. The molecule has 1 aromatic heterocycles. The topological polar surface area (TPSA) is 35.0 Å². The second-order valence-electron chi connectivity index (χ2n) is 12.5. The lowest BCUT2D eigenvalue weighted by Crippen LogP contribution is -2.32. The minimum absolute atomic E-state index is 0.485. The van der Waals surface area contributed by atoms with Crippen molar-refractivity contribution in [3.63, 3.8) is 0 Å². The molecule has 224 valence electrons. The Hall–Kier alpha value is -6.32. The van der Waals surface area contributed by atoms with Crippen LogP contribution in [0, 0.1) is 0 Å². The summed E-state index contributed by atoms with van der Waals surface area (Å²) in [5.74, 6) is 2.51. The van der Waals surface area contributed by atoms with E-state index < -0.39 is 5.41 Å². The van der Waals surface area contributed by atoms with Gasteiger partial charge in [0.1, 0.15) is 11.5 Å². The fourth-order valence-electron chi connectivity index (χ4n) is 7.93. The molecule has 7 aromatic carbocycles. The maximum atomic E-state index is 6.90. The van der Waals surface area contributed by atoms with Gasteiger partial charge >= 0.3 is 0 Å². The minimum atomic E-state index is -0.485. The van der Waals surface area contributed by atoms with Crippen LogP contribution >= 0.6 is 0 Å². The van der Waals surface area contributed by atoms with Crippen molar-refractivity contribution in [2.45, 2.75) is 5.41 Å². The van der Waals surface area contributed by atoms with E-state index in [2.05, 4.69) is 140 Å². The Bertz CT molecular complexity index is 2490. The molecule has 2 heterocycles. The standard InChI is InChI=1S/C45H28N2O/c1-2-13-31(14-3-1)44-46-40-23-10-6-17-35(40)42(47-44)30-27-25-29(26-28-30)32-18-12-22-39-43(32)48-41-24-11-9-21-38(41)45(39)36-19-7-4-15-33(36)34-16-5-8-20-37(34)45/h1-28H. The number of ether oxygens (including phenoxy) is 1. The van der Waals surface area contributed by atoms with Gasteiger partial charge in [0.05, 0.1) is 16.6 Å². The Kier molecular flexibility index (Phi) is 5.79. The number of rotatable bonds is 3. The number of hydrogen-bond acceptors (Lipinski definition) is 3. The van der Waals surface area contributed by atoms with Crippen LogP contribution in [0.3, 0.4) is 0 Å². The van der Waals surface area contributed by atoms with Crippen LogP contribution in [0.25, 0.3) is 55.8 Å². The van der Waals surface area contributed by atoms with Gasteiger partial charge in [0.15, 0.2) is 5.82 Å². The van der Waals surface area contributed by atoms with E-state index in [9.17, 15) is 0 Å². The lowest BCUT2D eigenvalue weighted by molar-refractivity contribution is 0.438. The number of hydrogen-bond donors (Lipinski definition) is 0. The van der Waals surface area contributed by atoms with Gasteiger partial charge in [0, 0.05) is 33.2 Å². The van der Waals surface area contributed by atoms with Gasteiger partial charge in [-0.25, -0.2) is 9.97 Å². The minimum Gasteiger partial charge on any atom is -0.456 e. The van der Waals surface area contributed by atoms with Crippen LogP contribution in [0.1, 0.15) is 22.3 Å². The summed E-state index contributed by atoms with van der Waals surface area (Å²) in [6.07, 6.45) is 0. The zero-order valence-corrected chi connectivity index (χ0v) is 26.0. The molecule has 0 amide bonds. The van der Waals surface area contributed by atoms with Crippen LogP contribution in [-0.4, -0.2) is 9.97 Å². The Morgan fingerprint density at radius 1 is 0.396 bits per heavy atom. The van der Waals surface area contributed by atoms with Crippen molar-refractivity contribution in [2.75, 3.05) is 0 Å².